The van der Waals surface area contributed by atoms with Gasteiger partial charge in [0.25, 0.3) is 0 Å². The molecule has 0 spiro atoms. The molecule has 12 nitrogen and oxygen atoms in total. The summed E-state index contributed by atoms with van der Waals surface area (Å²) in [5, 5.41) is 2.43. The van der Waals surface area contributed by atoms with Crippen molar-refractivity contribution in [3.63, 3.8) is 0 Å². The molecule has 0 aliphatic carbocycles. The maximum atomic E-state index is 11.8. The average Bonchev–Trinajstić information content (AvgIpc) is 2.56. The van der Waals surface area contributed by atoms with Crippen LogP contribution in [-0.4, -0.2) is 73.6 Å². The third-order valence-electron chi connectivity index (χ3n) is 3.50. The first-order chi connectivity index (χ1) is 13.0. The number of carbonyl (C=O) groups is 5. The van der Waals surface area contributed by atoms with Crippen LogP contribution in [0.5, 0.6) is 0 Å². The van der Waals surface area contributed by atoms with Gasteiger partial charge in [-0.3, -0.25) is 24.0 Å². The third-order valence-corrected chi connectivity index (χ3v) is 3.50. The summed E-state index contributed by atoms with van der Waals surface area (Å²) in [5.41, 5.74) is 5.30. The zero-order valence-electron chi connectivity index (χ0n) is 16.0. The van der Waals surface area contributed by atoms with Crippen molar-refractivity contribution in [2.24, 2.45) is 5.73 Å². The Hall–Kier alpha value is -2.73. The summed E-state index contributed by atoms with van der Waals surface area (Å²) in [4.78, 5) is 57.6. The Morgan fingerprint density at radius 1 is 0.857 bits per heavy atom. The number of carbonyl (C=O) groups excluding carboxylic acids is 5. The summed E-state index contributed by atoms with van der Waals surface area (Å²) in [6.45, 7) is 3.67. The number of hydrogen-bond donors (Lipinski definition) is 2. The lowest BCUT2D eigenvalue weighted by Crippen LogP contribution is -2.67. The summed E-state index contributed by atoms with van der Waals surface area (Å²) < 4.78 is 26.0. The fraction of sp³-hybridized carbons (Fsp3) is 0.688. The second kappa shape index (κ2) is 10.6. The molecule has 12 heteroatoms. The number of nitrogens with one attached hydrogen (secondary N) is 1. The Balaban J connectivity index is 3.31. The summed E-state index contributed by atoms with van der Waals surface area (Å²) in [6.07, 6.45) is -5.15. The first-order valence-electron chi connectivity index (χ1n) is 8.35. The maximum Gasteiger partial charge on any atom is 0.305 e. The van der Waals surface area contributed by atoms with E-state index < -0.39 is 67.0 Å². The molecule has 1 saturated heterocycles. The third kappa shape index (κ3) is 7.12. The van der Waals surface area contributed by atoms with Crippen LogP contribution in [0, 0.1) is 0 Å². The Bertz CT molecular complexity index is 623. The second-order valence-electron chi connectivity index (χ2n) is 5.90. The van der Waals surface area contributed by atoms with Gasteiger partial charge < -0.3 is 34.7 Å². The van der Waals surface area contributed by atoms with Crippen molar-refractivity contribution in [1.82, 2.24) is 5.32 Å². The lowest BCUT2D eigenvalue weighted by Gasteiger charge is -2.44. The molecule has 0 aromatic rings. The van der Waals surface area contributed by atoms with Crippen molar-refractivity contribution in [2.45, 2.75) is 58.3 Å². The van der Waals surface area contributed by atoms with E-state index in [1.807, 2.05) is 0 Å². The van der Waals surface area contributed by atoms with E-state index >= 15 is 0 Å². The lowest BCUT2D eigenvalue weighted by atomic mass is 9.96. The standard InChI is InChI=1S/C16H24N2O10/c1-7(19)24-6-11-14(25-8(2)20)15(26-9(3)21)13(18-12(23)5-17)16(28-11)27-10(4)22/h11,13-16H,5-6,17H2,1-4H3,(H,18,23)/t11?,13?,14?,15?,16-/m1/s1. The Labute approximate surface area is 160 Å². The molecule has 1 aliphatic heterocycles. The molecule has 1 rings (SSSR count). The van der Waals surface area contributed by atoms with Crippen LogP contribution >= 0.6 is 0 Å². The zero-order chi connectivity index (χ0) is 21.4. The van der Waals surface area contributed by atoms with E-state index in [0.29, 0.717) is 0 Å². The van der Waals surface area contributed by atoms with Crippen LogP contribution in [0.3, 0.4) is 0 Å². The molecule has 0 radical (unpaired) electrons. The largest absolute Gasteiger partial charge is 0.463 e. The Kier molecular flexibility index (Phi) is 8.79. The minimum atomic E-state index is -1.43. The van der Waals surface area contributed by atoms with E-state index in [1.54, 1.807) is 0 Å². The molecule has 4 unspecified atom stereocenters. The summed E-state index contributed by atoms with van der Waals surface area (Å²) in [7, 11) is 0. The highest BCUT2D eigenvalue weighted by molar-refractivity contribution is 5.78. The zero-order valence-corrected chi connectivity index (χ0v) is 16.0. The van der Waals surface area contributed by atoms with Gasteiger partial charge in [-0.05, 0) is 0 Å². The van der Waals surface area contributed by atoms with E-state index in [0.717, 1.165) is 27.7 Å². The predicted molar refractivity (Wildman–Crippen MR) is 89.2 cm³/mol. The van der Waals surface area contributed by atoms with Crippen LogP contribution in [-0.2, 0) is 47.7 Å². The topological polar surface area (TPSA) is 170 Å². The number of ether oxygens (including phenoxy) is 5. The highest BCUT2D eigenvalue weighted by atomic mass is 16.7. The van der Waals surface area contributed by atoms with Gasteiger partial charge >= 0.3 is 23.9 Å². The molecule has 3 N–H and O–H groups in total. The van der Waals surface area contributed by atoms with Gasteiger partial charge in [-0.25, -0.2) is 0 Å². The van der Waals surface area contributed by atoms with Crippen molar-refractivity contribution in [2.75, 3.05) is 13.2 Å². The van der Waals surface area contributed by atoms with E-state index in [2.05, 4.69) is 5.32 Å². The van der Waals surface area contributed by atoms with Crippen LogP contribution in [0.2, 0.25) is 0 Å². The van der Waals surface area contributed by atoms with Gasteiger partial charge in [0.15, 0.2) is 12.2 Å². The average molecular weight is 404 g/mol. The molecular formula is C16H24N2O10. The molecule has 5 atom stereocenters. The number of amides is 1. The van der Waals surface area contributed by atoms with Gasteiger partial charge in [-0.2, -0.15) is 0 Å². The molecule has 158 valence electrons. The van der Waals surface area contributed by atoms with Gasteiger partial charge in [-0.1, -0.05) is 0 Å². The summed E-state index contributed by atoms with van der Waals surface area (Å²) in [6, 6.07) is -1.23. The highest BCUT2D eigenvalue weighted by Crippen LogP contribution is 2.28. The molecule has 1 fully saturated rings. The Morgan fingerprint density at radius 2 is 1.39 bits per heavy atom. The van der Waals surface area contributed by atoms with Crippen molar-refractivity contribution in [1.29, 1.82) is 0 Å². The summed E-state index contributed by atoms with van der Waals surface area (Å²) >= 11 is 0. The molecule has 1 amide bonds. The maximum absolute atomic E-state index is 11.8. The van der Waals surface area contributed by atoms with Crippen LogP contribution in [0.25, 0.3) is 0 Å². The van der Waals surface area contributed by atoms with Gasteiger partial charge in [0, 0.05) is 27.7 Å². The molecule has 0 bridgehead atoms. The smallest absolute Gasteiger partial charge is 0.305 e. The SMILES string of the molecule is CC(=O)OCC1O[C@@H](OC(C)=O)C(NC(=O)CN)C(OC(C)=O)C1OC(C)=O. The van der Waals surface area contributed by atoms with Crippen LogP contribution in [0.15, 0.2) is 0 Å². The lowest BCUT2D eigenvalue weighted by molar-refractivity contribution is -0.271. The number of esters is 4. The highest BCUT2D eigenvalue weighted by Gasteiger charge is 2.52. The van der Waals surface area contributed by atoms with Gasteiger partial charge in [0.1, 0.15) is 18.8 Å². The van der Waals surface area contributed by atoms with Crippen LogP contribution < -0.4 is 11.1 Å². The number of rotatable bonds is 7. The molecule has 1 aliphatic rings. The van der Waals surface area contributed by atoms with E-state index in [-0.39, 0.29) is 6.61 Å². The van der Waals surface area contributed by atoms with Crippen molar-refractivity contribution >= 4 is 29.8 Å². The molecule has 0 aromatic heterocycles. The first kappa shape index (κ1) is 23.3. The van der Waals surface area contributed by atoms with Gasteiger partial charge in [0.05, 0.1) is 6.54 Å². The molecular weight excluding hydrogens is 380 g/mol. The first-order valence-corrected chi connectivity index (χ1v) is 8.35. The Morgan fingerprint density at radius 3 is 1.86 bits per heavy atom. The summed E-state index contributed by atoms with van der Waals surface area (Å²) in [5.74, 6) is -3.56. The second-order valence-corrected chi connectivity index (χ2v) is 5.90. The fourth-order valence-electron chi connectivity index (χ4n) is 2.56. The quantitative estimate of drug-likeness (QED) is 0.360. The minimum Gasteiger partial charge on any atom is -0.463 e. The van der Waals surface area contributed by atoms with E-state index in [4.69, 9.17) is 29.4 Å². The van der Waals surface area contributed by atoms with Gasteiger partial charge in [-0.15, -0.1) is 0 Å². The molecule has 0 saturated carbocycles. The van der Waals surface area contributed by atoms with E-state index in [1.165, 1.54) is 0 Å². The normalized spacial score (nSPS) is 26.5. The fourth-order valence-corrected chi connectivity index (χ4v) is 2.56. The molecule has 1 heterocycles. The van der Waals surface area contributed by atoms with Crippen LogP contribution in [0.1, 0.15) is 27.7 Å². The predicted octanol–water partition coefficient (Wildman–Crippen LogP) is -1.86. The van der Waals surface area contributed by atoms with Gasteiger partial charge in [0.2, 0.25) is 12.2 Å². The van der Waals surface area contributed by atoms with Crippen molar-refractivity contribution in [3.05, 3.63) is 0 Å². The number of hydrogen-bond acceptors (Lipinski definition) is 11. The van der Waals surface area contributed by atoms with Crippen molar-refractivity contribution in [3.8, 4) is 0 Å². The van der Waals surface area contributed by atoms with E-state index in [9.17, 15) is 24.0 Å². The van der Waals surface area contributed by atoms with Crippen LogP contribution in [0.4, 0.5) is 0 Å². The minimum absolute atomic E-state index is 0.389. The van der Waals surface area contributed by atoms with Crippen molar-refractivity contribution < 1.29 is 47.7 Å². The molecule has 0 aromatic carbocycles. The monoisotopic (exact) mass is 404 g/mol. The number of nitrogens with two attached hydrogens (primary N) is 1. The molecule has 28 heavy (non-hydrogen) atoms.